The van der Waals surface area contributed by atoms with E-state index in [1.54, 1.807) is 6.07 Å². The van der Waals surface area contributed by atoms with E-state index in [0.29, 0.717) is 0 Å². The van der Waals surface area contributed by atoms with Gasteiger partial charge in [-0.2, -0.15) is 5.26 Å². The number of aromatic amines is 2. The van der Waals surface area contributed by atoms with Crippen molar-refractivity contribution in [2.45, 2.75) is 18.3 Å². The van der Waals surface area contributed by atoms with Crippen LogP contribution in [-0.2, 0) is 0 Å². The molecule has 0 spiro atoms. The van der Waals surface area contributed by atoms with Crippen LogP contribution in [0.1, 0.15) is 26.4 Å². The molecule has 21 heavy (non-hydrogen) atoms. The van der Waals surface area contributed by atoms with Gasteiger partial charge >= 0.3 is 5.69 Å². The molecular formula is C12H11F2N5O2. The molecule has 2 aromatic heterocycles. The molecule has 0 saturated heterocycles. The number of nitrogens with zero attached hydrogens (tertiary/aromatic N) is 3. The number of aromatic nitrogens is 4. The van der Waals surface area contributed by atoms with Crippen LogP contribution in [0.5, 0.6) is 0 Å². The fourth-order valence-corrected chi connectivity index (χ4v) is 2.04. The Kier molecular flexibility index (Phi) is 2.69. The van der Waals surface area contributed by atoms with Crippen molar-refractivity contribution in [3.63, 3.8) is 0 Å². The van der Waals surface area contributed by atoms with Crippen molar-refractivity contribution in [2.24, 2.45) is 0 Å². The van der Waals surface area contributed by atoms with Gasteiger partial charge in [-0.25, -0.2) is 13.6 Å². The van der Waals surface area contributed by atoms with Crippen LogP contribution in [0, 0.1) is 11.3 Å². The topological polar surface area (TPSA) is 115 Å². The van der Waals surface area contributed by atoms with Crippen LogP contribution in [0.15, 0.2) is 21.9 Å². The zero-order valence-corrected chi connectivity index (χ0v) is 10.4. The largest absolute Gasteiger partial charge is 0.325 e. The van der Waals surface area contributed by atoms with Crippen molar-refractivity contribution in [1.82, 2.24) is 20.2 Å². The van der Waals surface area contributed by atoms with Crippen molar-refractivity contribution in [1.29, 1.82) is 5.26 Å². The van der Waals surface area contributed by atoms with Crippen LogP contribution in [0.4, 0.5) is 8.78 Å². The summed E-state index contributed by atoms with van der Waals surface area (Å²) in [6.07, 6.45) is 0.751. The van der Waals surface area contributed by atoms with Gasteiger partial charge in [-0.15, -0.1) is 10.2 Å². The first-order valence-electron chi connectivity index (χ1n) is 5.90. The summed E-state index contributed by atoms with van der Waals surface area (Å²) in [4.78, 5) is 26.9. The maximum absolute atomic E-state index is 13.2. The highest BCUT2D eigenvalue weighted by Crippen LogP contribution is 2.56. The van der Waals surface area contributed by atoms with Crippen molar-refractivity contribution < 1.29 is 11.6 Å². The Hall–Kier alpha value is -2.89. The molecule has 2 heterocycles. The van der Waals surface area contributed by atoms with Gasteiger partial charge in [-0.1, -0.05) is 0 Å². The molecule has 9 heteroatoms. The molecule has 0 aromatic carbocycles. The van der Waals surface area contributed by atoms with Crippen LogP contribution in [0.25, 0.3) is 11.3 Å². The smallest absolute Gasteiger partial charge is 0.313 e. The predicted octanol–water partition coefficient (Wildman–Crippen LogP) is 1.01. The molecule has 1 aliphatic carbocycles. The summed E-state index contributed by atoms with van der Waals surface area (Å²) in [6.45, 7) is 0. The SMILES string of the molecule is N#Cc1nnc(-c2c[nH]c(=O)[nH]c2=O)cc1[C@@H]1CC1(F)F.[HH].[HH]. The quantitative estimate of drug-likeness (QED) is 0.857. The maximum atomic E-state index is 13.2. The second-order valence-corrected chi connectivity index (χ2v) is 4.65. The first kappa shape index (κ1) is 13.1. The number of hydrogen-bond acceptors (Lipinski definition) is 5. The number of H-pyrrole nitrogens is 2. The molecule has 0 amide bonds. The Morgan fingerprint density at radius 1 is 1.43 bits per heavy atom. The van der Waals surface area contributed by atoms with Crippen molar-refractivity contribution in [3.05, 3.63) is 44.4 Å². The van der Waals surface area contributed by atoms with E-state index in [9.17, 15) is 18.4 Å². The first-order chi connectivity index (χ1) is 9.92. The Balaban J connectivity index is 0.00000132. The van der Waals surface area contributed by atoms with Gasteiger partial charge < -0.3 is 4.98 Å². The summed E-state index contributed by atoms with van der Waals surface area (Å²) >= 11 is 0. The minimum absolute atomic E-state index is 0. The molecule has 3 rings (SSSR count). The highest BCUT2D eigenvalue weighted by atomic mass is 19.3. The molecule has 2 aromatic rings. The normalized spacial score (nSPS) is 19.0. The Labute approximate surface area is 118 Å². The van der Waals surface area contributed by atoms with E-state index in [1.807, 2.05) is 4.98 Å². The van der Waals surface area contributed by atoms with Crippen LogP contribution in [0.3, 0.4) is 0 Å². The maximum Gasteiger partial charge on any atom is 0.325 e. The number of nitriles is 1. The average molecular weight is 295 g/mol. The molecule has 7 nitrogen and oxygen atoms in total. The lowest BCUT2D eigenvalue weighted by atomic mass is 10.1. The van der Waals surface area contributed by atoms with Crippen LogP contribution >= 0.6 is 0 Å². The lowest BCUT2D eigenvalue weighted by Gasteiger charge is -2.04. The summed E-state index contributed by atoms with van der Waals surface area (Å²) < 4.78 is 26.4. The molecule has 0 radical (unpaired) electrons. The van der Waals surface area contributed by atoms with Crippen LogP contribution in [0.2, 0.25) is 0 Å². The number of halogens is 2. The minimum atomic E-state index is -2.87. The summed E-state index contributed by atoms with van der Waals surface area (Å²) in [5.74, 6) is -3.97. The zero-order chi connectivity index (χ0) is 15.2. The van der Waals surface area contributed by atoms with Gasteiger partial charge in [-0.05, 0) is 6.07 Å². The standard InChI is InChI=1S/C12H7F2N5O2.2H2/c13-12(14)2-7(12)5-1-8(18-19-9(5)3-15)6-4-16-11(21)17-10(6)20;;/h1,4,7H,2H2,(H2,16,17,20,21);2*1H/t7-;;/m0../s1. The van der Waals surface area contributed by atoms with E-state index in [2.05, 4.69) is 15.2 Å². The average Bonchev–Trinajstić information content (AvgIpc) is 3.07. The lowest BCUT2D eigenvalue weighted by Crippen LogP contribution is -2.23. The van der Waals surface area contributed by atoms with Crippen molar-refractivity contribution in [2.75, 3.05) is 0 Å². The van der Waals surface area contributed by atoms with Crippen LogP contribution in [-0.4, -0.2) is 26.1 Å². The summed E-state index contributed by atoms with van der Waals surface area (Å²) in [5.41, 5.74) is -1.55. The van der Waals surface area contributed by atoms with Gasteiger partial charge in [0.05, 0.1) is 11.5 Å². The number of nitrogens with one attached hydrogen (secondary N) is 2. The third-order valence-electron chi connectivity index (χ3n) is 3.23. The fourth-order valence-electron chi connectivity index (χ4n) is 2.04. The molecular weight excluding hydrogens is 284 g/mol. The Morgan fingerprint density at radius 3 is 2.71 bits per heavy atom. The number of rotatable bonds is 2. The zero-order valence-electron chi connectivity index (χ0n) is 10.4. The van der Waals surface area contributed by atoms with E-state index >= 15 is 0 Å². The van der Waals surface area contributed by atoms with Gasteiger partial charge in [0.15, 0.2) is 5.69 Å². The molecule has 1 saturated carbocycles. The molecule has 1 atom stereocenters. The minimum Gasteiger partial charge on any atom is -0.313 e. The lowest BCUT2D eigenvalue weighted by molar-refractivity contribution is 0.112. The van der Waals surface area contributed by atoms with E-state index in [0.717, 1.165) is 6.20 Å². The Morgan fingerprint density at radius 2 is 2.14 bits per heavy atom. The highest BCUT2D eigenvalue weighted by Gasteiger charge is 2.58. The molecule has 2 N–H and O–H groups in total. The molecule has 1 aliphatic rings. The van der Waals surface area contributed by atoms with Gasteiger partial charge in [0.1, 0.15) is 11.8 Å². The van der Waals surface area contributed by atoms with E-state index in [1.165, 1.54) is 6.07 Å². The predicted molar refractivity (Wildman–Crippen MR) is 70.0 cm³/mol. The van der Waals surface area contributed by atoms with Crippen molar-refractivity contribution >= 4 is 0 Å². The van der Waals surface area contributed by atoms with Gasteiger partial charge in [0, 0.05) is 21.0 Å². The molecule has 0 bridgehead atoms. The van der Waals surface area contributed by atoms with Gasteiger partial charge in [0.2, 0.25) is 0 Å². The van der Waals surface area contributed by atoms with Gasteiger partial charge in [0.25, 0.3) is 11.5 Å². The molecule has 1 fully saturated rings. The fraction of sp³-hybridized carbons (Fsp3) is 0.250. The number of alkyl halides is 2. The summed E-state index contributed by atoms with van der Waals surface area (Å²) in [6, 6.07) is 2.94. The number of hydrogen-bond donors (Lipinski definition) is 2. The third-order valence-corrected chi connectivity index (χ3v) is 3.23. The summed E-state index contributed by atoms with van der Waals surface area (Å²) in [5, 5.41) is 16.1. The summed E-state index contributed by atoms with van der Waals surface area (Å²) in [7, 11) is 0. The second kappa shape index (κ2) is 4.31. The second-order valence-electron chi connectivity index (χ2n) is 4.65. The highest BCUT2D eigenvalue weighted by molar-refractivity contribution is 5.58. The third kappa shape index (κ3) is 2.20. The first-order valence-corrected chi connectivity index (χ1v) is 5.90. The monoisotopic (exact) mass is 295 g/mol. The van der Waals surface area contributed by atoms with E-state index < -0.39 is 23.1 Å². The Bertz CT molecular complexity index is 890. The molecule has 0 unspecified atom stereocenters. The van der Waals surface area contributed by atoms with E-state index in [4.69, 9.17) is 5.26 Å². The van der Waals surface area contributed by atoms with E-state index in [-0.39, 0.29) is 31.8 Å². The van der Waals surface area contributed by atoms with Gasteiger partial charge in [-0.3, -0.25) is 9.78 Å². The van der Waals surface area contributed by atoms with Crippen molar-refractivity contribution in [3.8, 4) is 17.3 Å². The molecule has 0 aliphatic heterocycles. The molecule has 110 valence electrons. The van der Waals surface area contributed by atoms with Crippen LogP contribution < -0.4 is 11.2 Å².